The largest absolute Gasteiger partial charge is 0.394 e. The van der Waals surface area contributed by atoms with Crippen molar-refractivity contribution in [1.82, 2.24) is 5.32 Å². The van der Waals surface area contributed by atoms with Crippen LogP contribution in [0.3, 0.4) is 0 Å². The number of ether oxygens (including phenoxy) is 2. The molecule has 22 heavy (non-hydrogen) atoms. The number of halogens is 1. The van der Waals surface area contributed by atoms with Gasteiger partial charge in [-0.05, 0) is 5.56 Å². The zero-order valence-electron chi connectivity index (χ0n) is 12.2. The molecule has 7 heteroatoms. The van der Waals surface area contributed by atoms with Crippen molar-refractivity contribution in [1.29, 1.82) is 0 Å². The normalized spacial score (nSPS) is 31.7. The number of hydrogen-bond acceptors (Lipinski definition) is 5. The van der Waals surface area contributed by atoms with Crippen LogP contribution >= 0.6 is 0 Å². The highest BCUT2D eigenvalue weighted by atomic mass is 19.1. The molecular weight excluding hydrogens is 293 g/mol. The van der Waals surface area contributed by atoms with Gasteiger partial charge in [0.15, 0.2) is 12.5 Å². The van der Waals surface area contributed by atoms with E-state index >= 15 is 0 Å². The SMILES string of the molecule is CC(=O)N[C@@H]1[C@@H](OCc2ccccc2)OC(CO)[C@@H](F)[C@@H]1O. The molecule has 122 valence electrons. The van der Waals surface area contributed by atoms with E-state index in [2.05, 4.69) is 5.32 Å². The second kappa shape index (κ2) is 7.64. The van der Waals surface area contributed by atoms with Gasteiger partial charge in [0.1, 0.15) is 18.2 Å². The summed E-state index contributed by atoms with van der Waals surface area (Å²) < 4.78 is 24.8. The van der Waals surface area contributed by atoms with Crippen molar-refractivity contribution in [2.24, 2.45) is 0 Å². The Labute approximate surface area is 127 Å². The molecule has 1 aromatic carbocycles. The van der Waals surface area contributed by atoms with Crippen molar-refractivity contribution in [3.63, 3.8) is 0 Å². The maximum Gasteiger partial charge on any atom is 0.217 e. The van der Waals surface area contributed by atoms with Crippen LogP contribution in [0.4, 0.5) is 4.39 Å². The van der Waals surface area contributed by atoms with E-state index in [9.17, 15) is 14.3 Å². The summed E-state index contributed by atoms with van der Waals surface area (Å²) in [5.41, 5.74) is 0.866. The van der Waals surface area contributed by atoms with Crippen LogP contribution in [0.15, 0.2) is 30.3 Å². The molecule has 2 rings (SSSR count). The smallest absolute Gasteiger partial charge is 0.217 e. The number of benzene rings is 1. The van der Waals surface area contributed by atoms with Crippen LogP contribution in [0.25, 0.3) is 0 Å². The zero-order chi connectivity index (χ0) is 16.1. The number of hydrogen-bond donors (Lipinski definition) is 3. The number of aliphatic hydroxyl groups excluding tert-OH is 2. The zero-order valence-corrected chi connectivity index (χ0v) is 12.2. The second-order valence-corrected chi connectivity index (χ2v) is 5.18. The monoisotopic (exact) mass is 313 g/mol. The number of nitrogens with one attached hydrogen (secondary N) is 1. The quantitative estimate of drug-likeness (QED) is 0.719. The van der Waals surface area contributed by atoms with Gasteiger partial charge in [-0.2, -0.15) is 0 Å². The van der Waals surface area contributed by atoms with Gasteiger partial charge in [0.05, 0.1) is 13.2 Å². The fourth-order valence-electron chi connectivity index (χ4n) is 2.34. The molecular formula is C15H20FNO5. The van der Waals surface area contributed by atoms with E-state index in [0.29, 0.717) is 0 Å². The van der Waals surface area contributed by atoms with Gasteiger partial charge in [0.25, 0.3) is 0 Å². The molecule has 1 heterocycles. The first-order valence-electron chi connectivity index (χ1n) is 7.04. The van der Waals surface area contributed by atoms with Crippen LogP contribution in [0.2, 0.25) is 0 Å². The van der Waals surface area contributed by atoms with Gasteiger partial charge >= 0.3 is 0 Å². The summed E-state index contributed by atoms with van der Waals surface area (Å²) in [6.45, 7) is 0.839. The van der Waals surface area contributed by atoms with Crippen LogP contribution in [0.5, 0.6) is 0 Å². The third-order valence-corrected chi connectivity index (χ3v) is 3.46. The highest BCUT2D eigenvalue weighted by Crippen LogP contribution is 2.25. The van der Waals surface area contributed by atoms with Crippen LogP contribution in [0.1, 0.15) is 12.5 Å². The molecule has 0 aliphatic carbocycles. The fraction of sp³-hybridized carbons (Fsp3) is 0.533. The Kier molecular flexibility index (Phi) is 5.84. The van der Waals surface area contributed by atoms with Gasteiger partial charge in [0, 0.05) is 6.92 Å². The van der Waals surface area contributed by atoms with Crippen molar-refractivity contribution in [2.45, 2.75) is 44.2 Å². The lowest BCUT2D eigenvalue weighted by Gasteiger charge is -2.41. The van der Waals surface area contributed by atoms with Gasteiger partial charge in [-0.25, -0.2) is 4.39 Å². The van der Waals surface area contributed by atoms with Crippen LogP contribution < -0.4 is 5.32 Å². The molecule has 1 unspecified atom stereocenters. The lowest BCUT2D eigenvalue weighted by molar-refractivity contribution is -0.262. The minimum Gasteiger partial charge on any atom is -0.394 e. The standard InChI is InChI=1S/C15H20FNO5/c1-9(19)17-13-14(20)12(16)11(7-18)22-15(13)21-8-10-5-3-2-4-6-10/h2-6,11-15,18,20H,7-8H2,1H3,(H,17,19)/t11?,12-,13+,14+,15+/m1/s1. The molecule has 0 saturated carbocycles. The molecule has 0 radical (unpaired) electrons. The average molecular weight is 313 g/mol. The van der Waals surface area contributed by atoms with Crippen molar-refractivity contribution >= 4 is 5.91 Å². The lowest BCUT2D eigenvalue weighted by Crippen LogP contribution is -2.63. The van der Waals surface area contributed by atoms with Crippen LogP contribution in [-0.4, -0.2) is 53.4 Å². The third-order valence-electron chi connectivity index (χ3n) is 3.46. The highest BCUT2D eigenvalue weighted by Gasteiger charge is 2.46. The van der Waals surface area contributed by atoms with Gasteiger partial charge < -0.3 is 25.0 Å². The predicted octanol–water partition coefficient (Wildman–Crippen LogP) is 0.124. The van der Waals surface area contributed by atoms with E-state index in [1.807, 2.05) is 30.3 Å². The second-order valence-electron chi connectivity index (χ2n) is 5.18. The van der Waals surface area contributed by atoms with Crippen LogP contribution in [0, 0.1) is 0 Å². The van der Waals surface area contributed by atoms with Crippen molar-refractivity contribution in [3.8, 4) is 0 Å². The molecule has 6 nitrogen and oxygen atoms in total. The molecule has 1 fully saturated rings. The Balaban J connectivity index is 2.07. The summed E-state index contributed by atoms with van der Waals surface area (Å²) in [5, 5.41) is 21.6. The Morgan fingerprint density at radius 1 is 1.41 bits per heavy atom. The van der Waals surface area contributed by atoms with E-state index in [-0.39, 0.29) is 6.61 Å². The van der Waals surface area contributed by atoms with Crippen LogP contribution in [-0.2, 0) is 20.9 Å². The first-order valence-corrected chi connectivity index (χ1v) is 7.04. The van der Waals surface area contributed by atoms with Gasteiger partial charge in [-0.15, -0.1) is 0 Å². The van der Waals surface area contributed by atoms with E-state index in [1.54, 1.807) is 0 Å². The van der Waals surface area contributed by atoms with Gasteiger partial charge in [-0.1, -0.05) is 30.3 Å². The molecule has 0 aromatic heterocycles. The van der Waals surface area contributed by atoms with E-state index in [1.165, 1.54) is 6.92 Å². The topological polar surface area (TPSA) is 88.0 Å². The molecule has 1 saturated heterocycles. The Morgan fingerprint density at radius 2 is 2.09 bits per heavy atom. The molecule has 5 atom stereocenters. The summed E-state index contributed by atoms with van der Waals surface area (Å²) in [4.78, 5) is 11.2. The Morgan fingerprint density at radius 3 is 2.68 bits per heavy atom. The van der Waals surface area contributed by atoms with Crippen molar-refractivity contribution < 1.29 is 28.9 Å². The highest BCUT2D eigenvalue weighted by molar-refractivity contribution is 5.73. The minimum absolute atomic E-state index is 0.170. The summed E-state index contributed by atoms with van der Waals surface area (Å²) >= 11 is 0. The number of carbonyl (C=O) groups excluding carboxylic acids is 1. The molecule has 3 N–H and O–H groups in total. The third kappa shape index (κ3) is 4.01. The summed E-state index contributed by atoms with van der Waals surface area (Å²) in [6, 6.07) is 8.19. The fourth-order valence-corrected chi connectivity index (χ4v) is 2.34. The first kappa shape index (κ1) is 16.8. The Bertz CT molecular complexity index is 486. The lowest BCUT2D eigenvalue weighted by atomic mass is 9.98. The van der Waals surface area contributed by atoms with E-state index in [0.717, 1.165) is 5.56 Å². The molecule has 1 aliphatic rings. The number of aliphatic hydroxyl groups is 2. The first-order chi connectivity index (χ1) is 10.5. The molecule has 0 bridgehead atoms. The predicted molar refractivity (Wildman–Crippen MR) is 75.5 cm³/mol. The minimum atomic E-state index is -1.81. The summed E-state index contributed by atoms with van der Waals surface area (Å²) in [7, 11) is 0. The number of alkyl halides is 1. The molecule has 1 aromatic rings. The summed E-state index contributed by atoms with van der Waals surface area (Å²) in [5.74, 6) is -0.435. The number of amides is 1. The van der Waals surface area contributed by atoms with E-state index in [4.69, 9.17) is 14.6 Å². The summed E-state index contributed by atoms with van der Waals surface area (Å²) in [6.07, 6.45) is -5.57. The van der Waals surface area contributed by atoms with Gasteiger partial charge in [-0.3, -0.25) is 4.79 Å². The molecule has 0 spiro atoms. The number of carbonyl (C=O) groups is 1. The Hall–Kier alpha value is -1.54. The maximum atomic E-state index is 13.9. The maximum absolute atomic E-state index is 13.9. The van der Waals surface area contributed by atoms with E-state index < -0.39 is 43.2 Å². The van der Waals surface area contributed by atoms with Crippen molar-refractivity contribution in [2.75, 3.05) is 6.61 Å². The number of rotatable bonds is 5. The molecule has 1 amide bonds. The molecule has 1 aliphatic heterocycles. The van der Waals surface area contributed by atoms with Gasteiger partial charge in [0.2, 0.25) is 5.91 Å². The average Bonchev–Trinajstić information content (AvgIpc) is 2.52. The van der Waals surface area contributed by atoms with Crippen molar-refractivity contribution in [3.05, 3.63) is 35.9 Å².